The minimum absolute atomic E-state index is 0.0941. The number of nitrogens with zero attached hydrogens (tertiary/aromatic N) is 1. The van der Waals surface area contributed by atoms with Gasteiger partial charge in [0, 0.05) is 26.7 Å². The predicted octanol–water partition coefficient (Wildman–Crippen LogP) is 1.65. The summed E-state index contributed by atoms with van der Waals surface area (Å²) in [6.45, 7) is 1.64. The van der Waals surface area contributed by atoms with Gasteiger partial charge in [-0.3, -0.25) is 0 Å². The summed E-state index contributed by atoms with van der Waals surface area (Å²) in [5.41, 5.74) is -0.301. The van der Waals surface area contributed by atoms with Crippen molar-refractivity contribution in [3.63, 3.8) is 0 Å². The topological polar surface area (TPSA) is 80.7 Å². The summed E-state index contributed by atoms with van der Waals surface area (Å²) in [5.74, 6) is -0.633. The molecule has 0 aliphatic carbocycles. The van der Waals surface area contributed by atoms with Gasteiger partial charge in [-0.2, -0.15) is 0 Å². The summed E-state index contributed by atoms with van der Waals surface area (Å²) in [6.07, 6.45) is 0.781. The first-order valence-electron chi connectivity index (χ1n) is 5.82. The van der Waals surface area contributed by atoms with Crippen molar-refractivity contribution in [2.75, 3.05) is 32.2 Å². The molecule has 0 bridgehead atoms. The summed E-state index contributed by atoms with van der Waals surface area (Å²) in [5, 5.41) is 12.1. The van der Waals surface area contributed by atoms with Crippen molar-refractivity contribution < 1.29 is 19.4 Å². The van der Waals surface area contributed by atoms with E-state index in [-0.39, 0.29) is 10.7 Å². The van der Waals surface area contributed by atoms with Gasteiger partial charge in [0.1, 0.15) is 16.6 Å². The molecule has 0 amide bonds. The van der Waals surface area contributed by atoms with Crippen molar-refractivity contribution >= 4 is 23.4 Å². The quantitative estimate of drug-likeness (QED) is 0.801. The zero-order valence-electron chi connectivity index (χ0n) is 10.5. The maximum Gasteiger partial charge on any atom is 0.335 e. The molecule has 1 aliphatic heterocycles. The number of nitrogens with one attached hydrogen (secondary N) is 1. The second-order valence-corrected chi connectivity index (χ2v) is 4.80. The Bertz CT molecular complexity index is 475. The van der Waals surface area contributed by atoms with Gasteiger partial charge >= 0.3 is 5.97 Å². The van der Waals surface area contributed by atoms with E-state index in [2.05, 4.69) is 10.3 Å². The average Bonchev–Trinajstić information content (AvgIpc) is 2.85. The van der Waals surface area contributed by atoms with Gasteiger partial charge in [0.05, 0.1) is 12.2 Å². The van der Waals surface area contributed by atoms with Gasteiger partial charge in [0.15, 0.2) is 0 Å². The maximum absolute atomic E-state index is 10.9. The summed E-state index contributed by atoms with van der Waals surface area (Å²) in [7, 11) is 1.63. The van der Waals surface area contributed by atoms with Gasteiger partial charge in [-0.15, -0.1) is 0 Å². The molecule has 1 aromatic heterocycles. The molecule has 0 aromatic carbocycles. The van der Waals surface area contributed by atoms with E-state index in [1.807, 2.05) is 0 Å². The lowest BCUT2D eigenvalue weighted by molar-refractivity contribution is -0.00625. The van der Waals surface area contributed by atoms with Crippen LogP contribution in [-0.4, -0.2) is 48.5 Å². The van der Waals surface area contributed by atoms with Crippen molar-refractivity contribution in [3.05, 3.63) is 22.8 Å². The standard InChI is InChI=1S/C12H15ClN2O4/c1-18-12(2-3-19-7-12)6-14-10-5-8(11(16)17)4-9(13)15-10/h4-5H,2-3,6-7H2,1H3,(H,14,15)(H,16,17). The average molecular weight is 287 g/mol. The number of halogens is 1. The van der Waals surface area contributed by atoms with E-state index < -0.39 is 11.6 Å². The van der Waals surface area contributed by atoms with Crippen LogP contribution in [0.4, 0.5) is 5.82 Å². The fourth-order valence-corrected chi connectivity index (χ4v) is 2.13. The van der Waals surface area contributed by atoms with Crippen LogP contribution in [0.3, 0.4) is 0 Å². The number of carboxylic acid groups (broad SMARTS) is 1. The van der Waals surface area contributed by atoms with Crippen molar-refractivity contribution in [1.29, 1.82) is 0 Å². The zero-order chi connectivity index (χ0) is 13.9. The Kier molecular flexibility index (Phi) is 4.24. The Balaban J connectivity index is 2.08. The number of pyridine rings is 1. The number of hydrogen-bond donors (Lipinski definition) is 2. The second-order valence-electron chi connectivity index (χ2n) is 4.41. The third kappa shape index (κ3) is 3.34. The minimum Gasteiger partial charge on any atom is -0.478 e. The van der Waals surface area contributed by atoms with Crippen LogP contribution in [0.2, 0.25) is 5.15 Å². The van der Waals surface area contributed by atoms with Gasteiger partial charge in [0.2, 0.25) is 0 Å². The van der Waals surface area contributed by atoms with Crippen molar-refractivity contribution in [3.8, 4) is 0 Å². The lowest BCUT2D eigenvalue weighted by Gasteiger charge is -2.26. The van der Waals surface area contributed by atoms with Crippen molar-refractivity contribution in [2.45, 2.75) is 12.0 Å². The number of methoxy groups -OCH3 is 1. The van der Waals surface area contributed by atoms with Crippen LogP contribution in [0.5, 0.6) is 0 Å². The lowest BCUT2D eigenvalue weighted by atomic mass is 10.0. The molecule has 0 saturated carbocycles. The number of aromatic nitrogens is 1. The number of anilines is 1. The highest BCUT2D eigenvalue weighted by molar-refractivity contribution is 6.29. The summed E-state index contributed by atoms with van der Waals surface area (Å²) >= 11 is 5.79. The number of ether oxygens (including phenoxy) is 2. The SMILES string of the molecule is COC1(CNc2cc(C(=O)O)cc(Cl)n2)CCOC1. The fraction of sp³-hybridized carbons (Fsp3) is 0.500. The molecule has 1 aromatic rings. The van der Waals surface area contributed by atoms with Crippen LogP contribution in [0.15, 0.2) is 12.1 Å². The first-order chi connectivity index (χ1) is 9.04. The van der Waals surface area contributed by atoms with E-state index in [1.165, 1.54) is 12.1 Å². The number of rotatable bonds is 5. The highest BCUT2D eigenvalue weighted by atomic mass is 35.5. The van der Waals surface area contributed by atoms with E-state index in [0.717, 1.165) is 6.42 Å². The second kappa shape index (κ2) is 5.73. The van der Waals surface area contributed by atoms with E-state index in [1.54, 1.807) is 7.11 Å². The molecule has 2 heterocycles. The minimum atomic E-state index is -1.04. The van der Waals surface area contributed by atoms with Crippen LogP contribution in [0.1, 0.15) is 16.8 Å². The third-order valence-corrected chi connectivity index (χ3v) is 3.33. The van der Waals surface area contributed by atoms with Crippen LogP contribution >= 0.6 is 11.6 Å². The van der Waals surface area contributed by atoms with Gasteiger partial charge in [-0.05, 0) is 12.1 Å². The Morgan fingerprint density at radius 3 is 3.05 bits per heavy atom. The molecule has 1 unspecified atom stereocenters. The van der Waals surface area contributed by atoms with Crippen LogP contribution in [-0.2, 0) is 9.47 Å². The van der Waals surface area contributed by atoms with Gasteiger partial charge < -0.3 is 19.9 Å². The Morgan fingerprint density at radius 2 is 2.47 bits per heavy atom. The summed E-state index contributed by atoms with van der Waals surface area (Å²) < 4.78 is 10.8. The van der Waals surface area contributed by atoms with Gasteiger partial charge in [0.25, 0.3) is 0 Å². The van der Waals surface area contributed by atoms with Crippen LogP contribution < -0.4 is 5.32 Å². The number of carbonyl (C=O) groups is 1. The molecular formula is C12H15ClN2O4. The first kappa shape index (κ1) is 14.0. The smallest absolute Gasteiger partial charge is 0.335 e. The molecule has 104 valence electrons. The van der Waals surface area contributed by atoms with E-state index >= 15 is 0 Å². The molecule has 0 spiro atoms. The van der Waals surface area contributed by atoms with Gasteiger partial charge in [-0.1, -0.05) is 11.6 Å². The third-order valence-electron chi connectivity index (χ3n) is 3.13. The number of aromatic carboxylic acids is 1. The molecular weight excluding hydrogens is 272 g/mol. The molecule has 1 aliphatic rings. The normalized spacial score (nSPS) is 22.4. The number of carboxylic acids is 1. The molecule has 1 saturated heterocycles. The summed E-state index contributed by atoms with van der Waals surface area (Å²) in [4.78, 5) is 15.0. The Labute approximate surface area is 115 Å². The molecule has 6 nitrogen and oxygen atoms in total. The molecule has 2 rings (SSSR count). The largest absolute Gasteiger partial charge is 0.478 e. The molecule has 19 heavy (non-hydrogen) atoms. The zero-order valence-corrected chi connectivity index (χ0v) is 11.2. The first-order valence-corrected chi connectivity index (χ1v) is 6.20. The molecule has 1 fully saturated rings. The van der Waals surface area contributed by atoms with E-state index in [4.69, 9.17) is 26.2 Å². The van der Waals surface area contributed by atoms with Crippen molar-refractivity contribution in [1.82, 2.24) is 4.98 Å². The van der Waals surface area contributed by atoms with Gasteiger partial charge in [-0.25, -0.2) is 9.78 Å². The highest BCUT2D eigenvalue weighted by Crippen LogP contribution is 2.23. The van der Waals surface area contributed by atoms with Crippen LogP contribution in [0.25, 0.3) is 0 Å². The highest BCUT2D eigenvalue weighted by Gasteiger charge is 2.34. The molecule has 0 radical (unpaired) electrons. The molecule has 7 heteroatoms. The summed E-state index contributed by atoms with van der Waals surface area (Å²) in [6, 6.07) is 2.74. The lowest BCUT2D eigenvalue weighted by Crippen LogP contribution is -2.39. The van der Waals surface area contributed by atoms with E-state index in [9.17, 15) is 4.79 Å². The predicted molar refractivity (Wildman–Crippen MR) is 69.9 cm³/mol. The Hall–Kier alpha value is -1.37. The number of hydrogen-bond acceptors (Lipinski definition) is 5. The maximum atomic E-state index is 10.9. The fourth-order valence-electron chi connectivity index (χ4n) is 1.92. The molecule has 1 atom stereocenters. The molecule has 2 N–H and O–H groups in total. The Morgan fingerprint density at radius 1 is 1.68 bits per heavy atom. The van der Waals surface area contributed by atoms with E-state index in [0.29, 0.717) is 25.6 Å². The van der Waals surface area contributed by atoms with Crippen molar-refractivity contribution in [2.24, 2.45) is 0 Å². The van der Waals surface area contributed by atoms with Crippen LogP contribution in [0, 0.1) is 0 Å². The monoisotopic (exact) mass is 286 g/mol.